The Balaban J connectivity index is 2.23. The number of halogens is 1. The van der Waals surface area contributed by atoms with Crippen molar-refractivity contribution >= 4 is 23.2 Å². The molecule has 0 spiro atoms. The first-order valence-electron chi connectivity index (χ1n) is 7.64. The molecular formula is C19H22ClNO2. The molecule has 1 amide bonds. The van der Waals surface area contributed by atoms with Crippen LogP contribution in [0.5, 0.6) is 5.75 Å². The van der Waals surface area contributed by atoms with Crippen molar-refractivity contribution in [3.8, 4) is 5.75 Å². The highest BCUT2D eigenvalue weighted by Gasteiger charge is 2.30. The fourth-order valence-electron chi connectivity index (χ4n) is 2.20. The maximum Gasteiger partial charge on any atom is 0.234 e. The highest BCUT2D eigenvalue weighted by molar-refractivity contribution is 6.30. The van der Waals surface area contributed by atoms with Crippen molar-refractivity contribution in [3.05, 3.63) is 59.1 Å². The Labute approximate surface area is 142 Å². The molecule has 0 bridgehead atoms. The number of carbonyl (C=O) groups excluding carboxylic acids is 1. The fourth-order valence-corrected chi connectivity index (χ4v) is 2.33. The molecule has 23 heavy (non-hydrogen) atoms. The van der Waals surface area contributed by atoms with Crippen molar-refractivity contribution in [3.63, 3.8) is 0 Å². The van der Waals surface area contributed by atoms with Crippen molar-refractivity contribution < 1.29 is 9.53 Å². The number of hydrogen-bond donors (Lipinski definition) is 1. The SMILES string of the molecule is CC(C)Oc1ccccc1NC(=O)C(C)(C)c1ccc(Cl)cc1. The molecule has 3 nitrogen and oxygen atoms in total. The lowest BCUT2D eigenvalue weighted by Crippen LogP contribution is -2.34. The number of hydrogen-bond acceptors (Lipinski definition) is 2. The van der Waals surface area contributed by atoms with Crippen LogP contribution >= 0.6 is 11.6 Å². The molecule has 0 saturated heterocycles. The molecule has 1 N–H and O–H groups in total. The molecule has 0 saturated carbocycles. The van der Waals surface area contributed by atoms with Crippen LogP contribution in [0.2, 0.25) is 5.02 Å². The number of rotatable bonds is 5. The maximum atomic E-state index is 12.8. The highest BCUT2D eigenvalue weighted by atomic mass is 35.5. The van der Waals surface area contributed by atoms with Crippen LogP contribution in [0.15, 0.2) is 48.5 Å². The van der Waals surface area contributed by atoms with Gasteiger partial charge in [-0.1, -0.05) is 35.9 Å². The molecule has 0 aliphatic carbocycles. The normalized spacial score (nSPS) is 11.4. The van der Waals surface area contributed by atoms with Crippen molar-refractivity contribution in [1.29, 1.82) is 0 Å². The van der Waals surface area contributed by atoms with Gasteiger partial charge in [-0.2, -0.15) is 0 Å². The first-order valence-corrected chi connectivity index (χ1v) is 8.01. The Morgan fingerprint density at radius 2 is 1.70 bits per heavy atom. The summed E-state index contributed by atoms with van der Waals surface area (Å²) < 4.78 is 5.75. The van der Waals surface area contributed by atoms with Gasteiger partial charge in [0.1, 0.15) is 5.75 Å². The minimum absolute atomic E-state index is 0.0392. The van der Waals surface area contributed by atoms with Gasteiger partial charge >= 0.3 is 0 Å². The molecule has 2 rings (SSSR count). The summed E-state index contributed by atoms with van der Waals surface area (Å²) in [5.41, 5.74) is 0.894. The van der Waals surface area contributed by atoms with Crippen molar-refractivity contribution in [2.75, 3.05) is 5.32 Å². The molecule has 0 unspecified atom stereocenters. The van der Waals surface area contributed by atoms with Gasteiger partial charge in [-0.3, -0.25) is 4.79 Å². The van der Waals surface area contributed by atoms with Gasteiger partial charge in [0.05, 0.1) is 17.2 Å². The average molecular weight is 332 g/mol. The predicted octanol–water partition coefficient (Wildman–Crippen LogP) is 5.04. The fraction of sp³-hybridized carbons (Fsp3) is 0.316. The first kappa shape index (κ1) is 17.4. The first-order chi connectivity index (χ1) is 10.8. The average Bonchev–Trinajstić information content (AvgIpc) is 2.49. The summed E-state index contributed by atoms with van der Waals surface area (Å²) in [4.78, 5) is 12.8. The van der Waals surface area contributed by atoms with Crippen molar-refractivity contribution in [2.45, 2.75) is 39.2 Å². The molecule has 0 aliphatic heterocycles. The minimum Gasteiger partial charge on any atom is -0.489 e. The van der Waals surface area contributed by atoms with Crippen LogP contribution in [-0.4, -0.2) is 12.0 Å². The van der Waals surface area contributed by atoms with Gasteiger partial charge in [-0.05, 0) is 57.5 Å². The Bertz CT molecular complexity index is 678. The Morgan fingerprint density at radius 3 is 2.30 bits per heavy atom. The number of benzene rings is 2. The van der Waals surface area contributed by atoms with E-state index >= 15 is 0 Å². The summed E-state index contributed by atoms with van der Waals surface area (Å²) in [6, 6.07) is 14.8. The molecule has 0 aromatic heterocycles. The van der Waals surface area contributed by atoms with Gasteiger partial charge in [0.2, 0.25) is 5.91 Å². The summed E-state index contributed by atoms with van der Waals surface area (Å²) in [5, 5.41) is 3.63. The van der Waals surface area contributed by atoms with Crippen LogP contribution < -0.4 is 10.1 Å². The Morgan fingerprint density at radius 1 is 1.09 bits per heavy atom. The third-order valence-corrected chi connectivity index (χ3v) is 3.88. The highest BCUT2D eigenvalue weighted by Crippen LogP contribution is 2.30. The quantitative estimate of drug-likeness (QED) is 0.833. The van der Waals surface area contributed by atoms with E-state index in [0.717, 1.165) is 5.56 Å². The Hall–Kier alpha value is -2.00. The van der Waals surface area contributed by atoms with Crippen molar-refractivity contribution in [2.24, 2.45) is 0 Å². The molecule has 0 radical (unpaired) electrons. The largest absolute Gasteiger partial charge is 0.489 e. The second kappa shape index (κ2) is 7.05. The van der Waals surface area contributed by atoms with Crippen LogP contribution in [-0.2, 0) is 10.2 Å². The number of amides is 1. The number of nitrogens with one attached hydrogen (secondary N) is 1. The zero-order valence-electron chi connectivity index (χ0n) is 13.9. The van der Waals surface area contributed by atoms with E-state index in [1.54, 1.807) is 12.1 Å². The third kappa shape index (κ3) is 4.26. The Kier molecular flexibility index (Phi) is 5.32. The minimum atomic E-state index is -0.685. The summed E-state index contributed by atoms with van der Waals surface area (Å²) in [6.45, 7) is 7.68. The number of anilines is 1. The second-order valence-corrected chi connectivity index (χ2v) is 6.69. The standard InChI is InChI=1S/C19H22ClNO2/c1-13(2)23-17-8-6-5-7-16(17)21-18(22)19(3,4)14-9-11-15(20)12-10-14/h5-13H,1-4H3,(H,21,22). The number of para-hydroxylation sites is 2. The van der Waals surface area contributed by atoms with Crippen molar-refractivity contribution in [1.82, 2.24) is 0 Å². The molecule has 0 atom stereocenters. The molecule has 0 aliphatic rings. The van der Waals surface area contributed by atoms with E-state index in [4.69, 9.17) is 16.3 Å². The van der Waals surface area contributed by atoms with E-state index in [2.05, 4.69) is 5.32 Å². The topological polar surface area (TPSA) is 38.3 Å². The summed E-state index contributed by atoms with van der Waals surface area (Å²) in [5.74, 6) is 0.572. The molecule has 4 heteroatoms. The van der Waals surface area contributed by atoms with E-state index in [-0.39, 0.29) is 12.0 Å². The number of carbonyl (C=O) groups is 1. The van der Waals surface area contributed by atoms with E-state index in [1.165, 1.54) is 0 Å². The molecule has 2 aromatic carbocycles. The molecular weight excluding hydrogens is 310 g/mol. The van der Waals surface area contributed by atoms with E-state index in [9.17, 15) is 4.79 Å². The van der Waals surface area contributed by atoms with Gasteiger partial charge in [0, 0.05) is 5.02 Å². The summed E-state index contributed by atoms with van der Waals surface area (Å²) >= 11 is 5.92. The lowest BCUT2D eigenvalue weighted by atomic mass is 9.83. The molecule has 2 aromatic rings. The zero-order valence-corrected chi connectivity index (χ0v) is 14.6. The lowest BCUT2D eigenvalue weighted by molar-refractivity contribution is -0.120. The van der Waals surface area contributed by atoms with Crippen LogP contribution in [0.25, 0.3) is 0 Å². The van der Waals surface area contributed by atoms with E-state index in [1.807, 2.05) is 64.1 Å². The van der Waals surface area contributed by atoms with Crippen LogP contribution in [0, 0.1) is 0 Å². The van der Waals surface area contributed by atoms with Gasteiger partial charge < -0.3 is 10.1 Å². The summed E-state index contributed by atoms with van der Waals surface area (Å²) in [6.07, 6.45) is 0.0392. The van der Waals surface area contributed by atoms with Crippen LogP contribution in [0.3, 0.4) is 0 Å². The van der Waals surface area contributed by atoms with Gasteiger partial charge in [0.15, 0.2) is 0 Å². The second-order valence-electron chi connectivity index (χ2n) is 6.25. The van der Waals surface area contributed by atoms with Gasteiger partial charge in [-0.25, -0.2) is 0 Å². The predicted molar refractivity (Wildman–Crippen MR) is 95.3 cm³/mol. The zero-order chi connectivity index (χ0) is 17.0. The van der Waals surface area contributed by atoms with E-state index in [0.29, 0.717) is 16.5 Å². The molecule has 0 heterocycles. The number of ether oxygens (including phenoxy) is 1. The lowest BCUT2D eigenvalue weighted by Gasteiger charge is -2.25. The molecule has 0 fully saturated rings. The van der Waals surface area contributed by atoms with Crippen LogP contribution in [0.4, 0.5) is 5.69 Å². The monoisotopic (exact) mass is 331 g/mol. The summed E-state index contributed by atoms with van der Waals surface area (Å²) in [7, 11) is 0. The van der Waals surface area contributed by atoms with E-state index < -0.39 is 5.41 Å². The van der Waals surface area contributed by atoms with Gasteiger partial charge in [0.25, 0.3) is 0 Å². The maximum absolute atomic E-state index is 12.8. The van der Waals surface area contributed by atoms with Crippen LogP contribution in [0.1, 0.15) is 33.3 Å². The molecule has 122 valence electrons. The van der Waals surface area contributed by atoms with Gasteiger partial charge in [-0.15, -0.1) is 0 Å². The smallest absolute Gasteiger partial charge is 0.234 e. The third-order valence-electron chi connectivity index (χ3n) is 3.63.